The van der Waals surface area contributed by atoms with Crippen LogP contribution < -0.4 is 0 Å². The highest BCUT2D eigenvalue weighted by Gasteiger charge is 1.99. The van der Waals surface area contributed by atoms with Gasteiger partial charge in [0.25, 0.3) is 0 Å². The van der Waals surface area contributed by atoms with E-state index in [1.165, 1.54) is 12.8 Å². The quantitative estimate of drug-likeness (QED) is 0.632. The Labute approximate surface area is 65.5 Å². The summed E-state index contributed by atoms with van der Waals surface area (Å²) in [6, 6.07) is 0. The monoisotopic (exact) mass is 146 g/mol. The van der Waals surface area contributed by atoms with Gasteiger partial charge in [0, 0.05) is 0 Å². The molecule has 0 rings (SSSR count). The van der Waals surface area contributed by atoms with Crippen molar-refractivity contribution in [2.45, 2.75) is 59.5 Å². The van der Waals surface area contributed by atoms with Crippen molar-refractivity contribution in [1.82, 2.24) is 0 Å². The summed E-state index contributed by atoms with van der Waals surface area (Å²) in [6.45, 7) is 4.26. The Bertz CT molecular complexity index is 52.7. The standard InChI is InChI=1S/C8H18O.CH4/c1-3-5-7-8(9)6-4-2;/h8-9H,3-7H2,1-2H3;1H4. The highest BCUT2D eigenvalue weighted by atomic mass is 16.3. The number of hydrogen-bond donors (Lipinski definition) is 1. The van der Waals surface area contributed by atoms with Crippen LogP contribution in [-0.2, 0) is 0 Å². The molecule has 64 valence electrons. The van der Waals surface area contributed by atoms with Crippen molar-refractivity contribution in [3.63, 3.8) is 0 Å². The van der Waals surface area contributed by atoms with Crippen molar-refractivity contribution >= 4 is 0 Å². The summed E-state index contributed by atoms with van der Waals surface area (Å²) >= 11 is 0. The van der Waals surface area contributed by atoms with Crippen LogP contribution in [0.15, 0.2) is 0 Å². The van der Waals surface area contributed by atoms with Gasteiger partial charge in [-0.25, -0.2) is 0 Å². The molecule has 0 saturated heterocycles. The Morgan fingerprint density at radius 1 is 1.10 bits per heavy atom. The molecule has 0 fully saturated rings. The predicted octanol–water partition coefficient (Wildman–Crippen LogP) is 2.97. The number of rotatable bonds is 5. The van der Waals surface area contributed by atoms with E-state index in [4.69, 9.17) is 0 Å². The first kappa shape index (κ1) is 12.6. The third-order valence-corrected chi connectivity index (χ3v) is 1.51. The summed E-state index contributed by atoms with van der Waals surface area (Å²) in [5, 5.41) is 9.18. The van der Waals surface area contributed by atoms with Crippen molar-refractivity contribution in [3.8, 4) is 0 Å². The first-order valence-corrected chi connectivity index (χ1v) is 3.99. The molecular weight excluding hydrogens is 124 g/mol. The predicted molar refractivity (Wildman–Crippen MR) is 47.2 cm³/mol. The topological polar surface area (TPSA) is 20.2 Å². The molecule has 0 saturated carbocycles. The number of aliphatic hydroxyl groups is 1. The van der Waals surface area contributed by atoms with Crippen LogP contribution in [0, 0.1) is 0 Å². The zero-order valence-electron chi connectivity index (χ0n) is 6.56. The third-order valence-electron chi connectivity index (χ3n) is 1.51. The van der Waals surface area contributed by atoms with Gasteiger partial charge in [-0.05, 0) is 12.8 Å². The molecule has 0 aromatic rings. The van der Waals surface area contributed by atoms with Gasteiger partial charge >= 0.3 is 0 Å². The smallest absolute Gasteiger partial charge is 0.0540 e. The summed E-state index contributed by atoms with van der Waals surface area (Å²) in [5.41, 5.74) is 0. The van der Waals surface area contributed by atoms with Gasteiger partial charge in [-0.3, -0.25) is 0 Å². The van der Waals surface area contributed by atoms with Crippen molar-refractivity contribution in [3.05, 3.63) is 0 Å². The molecule has 0 aromatic carbocycles. The molecule has 1 N–H and O–H groups in total. The maximum Gasteiger partial charge on any atom is 0.0540 e. The molecular formula is C9H22O. The molecule has 1 atom stereocenters. The summed E-state index contributed by atoms with van der Waals surface area (Å²) in [6.07, 6.45) is 5.40. The van der Waals surface area contributed by atoms with Crippen molar-refractivity contribution in [2.75, 3.05) is 0 Å². The lowest BCUT2D eigenvalue weighted by Crippen LogP contribution is -2.04. The average Bonchev–Trinajstić information content (AvgIpc) is 1.85. The van der Waals surface area contributed by atoms with Gasteiger partial charge in [0.2, 0.25) is 0 Å². The van der Waals surface area contributed by atoms with Gasteiger partial charge in [0.1, 0.15) is 0 Å². The van der Waals surface area contributed by atoms with Gasteiger partial charge in [-0.15, -0.1) is 0 Å². The Morgan fingerprint density at radius 2 is 1.70 bits per heavy atom. The third kappa shape index (κ3) is 7.96. The second-order valence-electron chi connectivity index (χ2n) is 2.58. The van der Waals surface area contributed by atoms with Crippen LogP contribution in [0.5, 0.6) is 0 Å². The van der Waals surface area contributed by atoms with Crippen LogP contribution in [0.25, 0.3) is 0 Å². The van der Waals surface area contributed by atoms with E-state index in [2.05, 4.69) is 13.8 Å². The molecule has 0 bridgehead atoms. The fourth-order valence-electron chi connectivity index (χ4n) is 0.917. The van der Waals surface area contributed by atoms with Crippen LogP contribution in [0.2, 0.25) is 0 Å². The van der Waals surface area contributed by atoms with Crippen LogP contribution in [0.3, 0.4) is 0 Å². The summed E-state index contributed by atoms with van der Waals surface area (Å²) in [7, 11) is 0. The largest absolute Gasteiger partial charge is 0.393 e. The summed E-state index contributed by atoms with van der Waals surface area (Å²) in [5.74, 6) is 0. The van der Waals surface area contributed by atoms with Crippen molar-refractivity contribution < 1.29 is 5.11 Å². The van der Waals surface area contributed by atoms with Gasteiger partial charge in [0.05, 0.1) is 6.10 Å². The summed E-state index contributed by atoms with van der Waals surface area (Å²) in [4.78, 5) is 0. The first-order valence-electron chi connectivity index (χ1n) is 3.99. The molecule has 10 heavy (non-hydrogen) atoms. The molecule has 0 radical (unpaired) electrons. The normalized spacial score (nSPS) is 12.3. The van der Waals surface area contributed by atoms with Crippen molar-refractivity contribution in [1.29, 1.82) is 0 Å². The highest BCUT2D eigenvalue weighted by Crippen LogP contribution is 2.05. The van der Waals surface area contributed by atoms with Crippen LogP contribution in [0.4, 0.5) is 0 Å². The highest BCUT2D eigenvalue weighted by molar-refractivity contribution is 4.52. The van der Waals surface area contributed by atoms with Gasteiger partial charge in [0.15, 0.2) is 0 Å². The second-order valence-corrected chi connectivity index (χ2v) is 2.58. The van der Waals surface area contributed by atoms with Crippen LogP contribution in [-0.4, -0.2) is 11.2 Å². The summed E-state index contributed by atoms with van der Waals surface area (Å²) < 4.78 is 0. The van der Waals surface area contributed by atoms with E-state index in [9.17, 15) is 5.11 Å². The molecule has 0 heterocycles. The van der Waals surface area contributed by atoms with E-state index in [1.807, 2.05) is 0 Å². The molecule has 1 nitrogen and oxygen atoms in total. The molecule has 1 unspecified atom stereocenters. The first-order chi connectivity index (χ1) is 4.31. The van der Waals surface area contributed by atoms with Crippen molar-refractivity contribution in [2.24, 2.45) is 0 Å². The van der Waals surface area contributed by atoms with Crippen LogP contribution >= 0.6 is 0 Å². The zero-order valence-corrected chi connectivity index (χ0v) is 6.56. The number of unbranched alkanes of at least 4 members (excludes halogenated alkanes) is 1. The molecule has 1 heteroatoms. The molecule has 0 spiro atoms. The number of aliphatic hydroxyl groups excluding tert-OH is 1. The maximum absolute atomic E-state index is 9.18. The van der Waals surface area contributed by atoms with E-state index in [0.717, 1.165) is 19.3 Å². The molecule has 0 aromatic heterocycles. The average molecular weight is 146 g/mol. The maximum atomic E-state index is 9.18. The Kier molecular flexibility index (Phi) is 11.3. The van der Waals surface area contributed by atoms with E-state index < -0.39 is 0 Å². The fraction of sp³-hybridized carbons (Fsp3) is 1.00. The lowest BCUT2D eigenvalue weighted by molar-refractivity contribution is 0.150. The van der Waals surface area contributed by atoms with E-state index in [0.29, 0.717) is 0 Å². The minimum Gasteiger partial charge on any atom is -0.393 e. The van der Waals surface area contributed by atoms with Gasteiger partial charge in [-0.2, -0.15) is 0 Å². The van der Waals surface area contributed by atoms with Gasteiger partial charge < -0.3 is 5.11 Å². The Hall–Kier alpha value is -0.0400. The Balaban J connectivity index is 0. The minimum absolute atomic E-state index is 0. The lowest BCUT2D eigenvalue weighted by atomic mass is 10.1. The number of hydrogen-bond acceptors (Lipinski definition) is 1. The lowest BCUT2D eigenvalue weighted by Gasteiger charge is -2.06. The zero-order chi connectivity index (χ0) is 7.11. The minimum atomic E-state index is -0.0325. The molecule has 0 amide bonds. The van der Waals surface area contributed by atoms with E-state index in [1.54, 1.807) is 0 Å². The van der Waals surface area contributed by atoms with Gasteiger partial charge in [-0.1, -0.05) is 40.5 Å². The molecule has 0 aliphatic heterocycles. The molecule has 0 aliphatic rings. The molecule has 0 aliphatic carbocycles. The SMILES string of the molecule is C.CCCCC(O)CCC. The van der Waals surface area contributed by atoms with E-state index in [-0.39, 0.29) is 13.5 Å². The van der Waals surface area contributed by atoms with E-state index >= 15 is 0 Å². The second kappa shape index (κ2) is 8.96. The van der Waals surface area contributed by atoms with Crippen LogP contribution in [0.1, 0.15) is 53.4 Å². The fourth-order valence-corrected chi connectivity index (χ4v) is 0.917. The Morgan fingerprint density at radius 3 is 2.10 bits per heavy atom.